The van der Waals surface area contributed by atoms with Gasteiger partial charge in [-0.1, -0.05) is 23.9 Å². The van der Waals surface area contributed by atoms with Crippen LogP contribution in [0.5, 0.6) is 0 Å². The molecule has 7 nitrogen and oxygen atoms in total. The Kier molecular flexibility index (Phi) is 5.44. The van der Waals surface area contributed by atoms with Crippen molar-refractivity contribution in [2.45, 2.75) is 24.3 Å². The highest BCUT2D eigenvalue weighted by molar-refractivity contribution is 8.00. The van der Waals surface area contributed by atoms with Crippen LogP contribution < -0.4 is 5.32 Å². The van der Waals surface area contributed by atoms with Crippen LogP contribution in [0, 0.1) is 6.92 Å². The standard InChI is InChI=1S/C21H18N4O3S/c1-13-6-3-7-15(12-13)22-20(26)14(2)29-21-23-18(16-8-4-10-27-16)19(24-25-21)17-9-5-11-28-17/h3-12,14H,1-2H3,(H,22,26). The van der Waals surface area contributed by atoms with E-state index in [9.17, 15) is 4.79 Å². The van der Waals surface area contributed by atoms with E-state index in [2.05, 4.69) is 20.5 Å². The fourth-order valence-corrected chi connectivity index (χ4v) is 3.42. The topological polar surface area (TPSA) is 94.1 Å². The Balaban J connectivity index is 1.55. The van der Waals surface area contributed by atoms with E-state index in [1.807, 2.05) is 31.2 Å². The van der Waals surface area contributed by atoms with E-state index in [0.717, 1.165) is 11.3 Å². The monoisotopic (exact) mass is 406 g/mol. The third-order valence-electron chi connectivity index (χ3n) is 4.11. The van der Waals surface area contributed by atoms with Gasteiger partial charge in [-0.3, -0.25) is 4.79 Å². The number of carbonyl (C=O) groups excluding carboxylic acids is 1. The van der Waals surface area contributed by atoms with Gasteiger partial charge in [0.05, 0.1) is 17.8 Å². The number of aromatic nitrogens is 3. The summed E-state index contributed by atoms with van der Waals surface area (Å²) in [6.07, 6.45) is 3.12. The molecule has 29 heavy (non-hydrogen) atoms. The number of aryl methyl sites for hydroxylation is 1. The van der Waals surface area contributed by atoms with Crippen molar-refractivity contribution in [3.8, 4) is 22.9 Å². The summed E-state index contributed by atoms with van der Waals surface area (Å²) in [7, 11) is 0. The smallest absolute Gasteiger partial charge is 0.237 e. The molecule has 1 unspecified atom stereocenters. The number of nitrogens with one attached hydrogen (secondary N) is 1. The lowest BCUT2D eigenvalue weighted by molar-refractivity contribution is -0.115. The van der Waals surface area contributed by atoms with Gasteiger partial charge in [-0.05, 0) is 55.8 Å². The summed E-state index contributed by atoms with van der Waals surface area (Å²) in [5.41, 5.74) is 2.82. The minimum Gasteiger partial charge on any atom is -0.463 e. The molecule has 1 amide bonds. The minimum atomic E-state index is -0.420. The molecular formula is C21H18N4O3S. The maximum Gasteiger partial charge on any atom is 0.237 e. The molecule has 1 atom stereocenters. The molecule has 0 aliphatic heterocycles. The molecule has 0 spiro atoms. The molecule has 146 valence electrons. The molecule has 1 N–H and O–H groups in total. The van der Waals surface area contributed by atoms with Crippen LogP contribution in [-0.4, -0.2) is 26.3 Å². The Bertz CT molecular complexity index is 1110. The van der Waals surface area contributed by atoms with Gasteiger partial charge in [0, 0.05) is 5.69 Å². The summed E-state index contributed by atoms with van der Waals surface area (Å²) in [6.45, 7) is 3.77. The van der Waals surface area contributed by atoms with Gasteiger partial charge in [0.15, 0.2) is 17.2 Å². The highest BCUT2D eigenvalue weighted by atomic mass is 32.2. The molecule has 3 heterocycles. The summed E-state index contributed by atoms with van der Waals surface area (Å²) < 4.78 is 10.9. The number of thioether (sulfide) groups is 1. The van der Waals surface area contributed by atoms with E-state index in [1.54, 1.807) is 43.7 Å². The predicted octanol–water partition coefficient (Wildman–Crippen LogP) is 4.82. The van der Waals surface area contributed by atoms with E-state index >= 15 is 0 Å². The number of nitrogens with zero attached hydrogens (tertiary/aromatic N) is 3. The Morgan fingerprint density at radius 1 is 1.00 bits per heavy atom. The van der Waals surface area contributed by atoms with Gasteiger partial charge in [-0.25, -0.2) is 4.98 Å². The maximum absolute atomic E-state index is 12.6. The van der Waals surface area contributed by atoms with Crippen LogP contribution in [0.25, 0.3) is 22.9 Å². The number of rotatable bonds is 6. The van der Waals surface area contributed by atoms with Crippen molar-refractivity contribution in [1.29, 1.82) is 0 Å². The fourth-order valence-electron chi connectivity index (χ4n) is 2.70. The zero-order valence-electron chi connectivity index (χ0n) is 15.8. The highest BCUT2D eigenvalue weighted by Gasteiger charge is 2.21. The van der Waals surface area contributed by atoms with Gasteiger partial charge < -0.3 is 14.2 Å². The average molecular weight is 406 g/mol. The quantitative estimate of drug-likeness (QED) is 0.459. The van der Waals surface area contributed by atoms with Gasteiger partial charge in [0.25, 0.3) is 0 Å². The van der Waals surface area contributed by atoms with Crippen LogP contribution in [0.4, 0.5) is 5.69 Å². The highest BCUT2D eigenvalue weighted by Crippen LogP contribution is 2.31. The molecule has 0 radical (unpaired) electrons. The van der Waals surface area contributed by atoms with E-state index in [4.69, 9.17) is 8.83 Å². The summed E-state index contributed by atoms with van der Waals surface area (Å²) in [5.74, 6) is 0.946. The first-order valence-corrected chi connectivity index (χ1v) is 9.85. The number of hydrogen-bond donors (Lipinski definition) is 1. The van der Waals surface area contributed by atoms with Crippen molar-refractivity contribution < 1.29 is 13.6 Å². The maximum atomic E-state index is 12.6. The zero-order chi connectivity index (χ0) is 20.2. The number of hydrogen-bond acceptors (Lipinski definition) is 7. The SMILES string of the molecule is Cc1cccc(NC(=O)C(C)Sc2nnc(-c3ccco3)c(-c3ccco3)n2)c1. The molecular weight excluding hydrogens is 388 g/mol. The molecule has 0 aliphatic carbocycles. The molecule has 0 bridgehead atoms. The Labute approximate surface area is 171 Å². The normalized spacial score (nSPS) is 11.9. The van der Waals surface area contributed by atoms with Crippen molar-refractivity contribution in [2.24, 2.45) is 0 Å². The third-order valence-corrected chi connectivity index (χ3v) is 5.06. The lowest BCUT2D eigenvalue weighted by atomic mass is 10.2. The third kappa shape index (κ3) is 4.38. The van der Waals surface area contributed by atoms with Crippen molar-refractivity contribution in [2.75, 3.05) is 5.32 Å². The van der Waals surface area contributed by atoms with Gasteiger partial charge in [0.2, 0.25) is 11.1 Å². The Morgan fingerprint density at radius 3 is 2.38 bits per heavy atom. The van der Waals surface area contributed by atoms with Crippen LogP contribution in [0.3, 0.4) is 0 Å². The van der Waals surface area contributed by atoms with Gasteiger partial charge >= 0.3 is 0 Å². The lowest BCUT2D eigenvalue weighted by Gasteiger charge is -2.12. The first-order chi connectivity index (χ1) is 14.1. The number of furan rings is 2. The second-order valence-electron chi connectivity index (χ2n) is 6.37. The first kappa shape index (κ1) is 18.9. The van der Waals surface area contributed by atoms with Gasteiger partial charge in [-0.2, -0.15) is 0 Å². The molecule has 4 aromatic rings. The van der Waals surface area contributed by atoms with Gasteiger partial charge in [-0.15, -0.1) is 10.2 Å². The summed E-state index contributed by atoms with van der Waals surface area (Å²) in [5, 5.41) is 11.3. The molecule has 8 heteroatoms. The van der Waals surface area contributed by atoms with Crippen LogP contribution in [-0.2, 0) is 4.79 Å². The molecule has 3 aromatic heterocycles. The van der Waals surface area contributed by atoms with Crippen LogP contribution in [0.1, 0.15) is 12.5 Å². The second-order valence-corrected chi connectivity index (χ2v) is 7.67. The average Bonchev–Trinajstić information content (AvgIpc) is 3.42. The van der Waals surface area contributed by atoms with E-state index < -0.39 is 5.25 Å². The minimum absolute atomic E-state index is 0.140. The van der Waals surface area contributed by atoms with Gasteiger partial charge in [0.1, 0.15) is 5.69 Å². The van der Waals surface area contributed by atoms with Crippen molar-refractivity contribution in [3.63, 3.8) is 0 Å². The number of benzene rings is 1. The van der Waals surface area contributed by atoms with Crippen molar-refractivity contribution >= 4 is 23.4 Å². The number of carbonyl (C=O) groups is 1. The zero-order valence-corrected chi connectivity index (χ0v) is 16.6. The van der Waals surface area contributed by atoms with E-state index in [1.165, 1.54) is 11.8 Å². The molecule has 4 rings (SSSR count). The Morgan fingerprint density at radius 2 is 1.72 bits per heavy atom. The first-order valence-electron chi connectivity index (χ1n) is 8.97. The molecule has 0 saturated heterocycles. The summed E-state index contributed by atoms with van der Waals surface area (Å²) in [6, 6.07) is 14.8. The Hall–Kier alpha value is -3.39. The van der Waals surface area contributed by atoms with Crippen LogP contribution in [0.2, 0.25) is 0 Å². The molecule has 0 saturated carbocycles. The largest absolute Gasteiger partial charge is 0.463 e. The second kappa shape index (κ2) is 8.32. The van der Waals surface area contributed by atoms with Crippen LogP contribution >= 0.6 is 11.8 Å². The molecule has 0 fully saturated rings. The summed E-state index contributed by atoms with van der Waals surface area (Å²) >= 11 is 1.22. The number of anilines is 1. The van der Waals surface area contributed by atoms with Crippen molar-refractivity contribution in [1.82, 2.24) is 15.2 Å². The molecule has 1 aromatic carbocycles. The lowest BCUT2D eigenvalue weighted by Crippen LogP contribution is -2.22. The van der Waals surface area contributed by atoms with Crippen molar-refractivity contribution in [3.05, 3.63) is 66.6 Å². The summed E-state index contributed by atoms with van der Waals surface area (Å²) in [4.78, 5) is 17.1. The van der Waals surface area contributed by atoms with E-state index in [-0.39, 0.29) is 5.91 Å². The van der Waals surface area contributed by atoms with Crippen LogP contribution in [0.15, 0.2) is 75.0 Å². The predicted molar refractivity (Wildman–Crippen MR) is 110 cm³/mol. The van der Waals surface area contributed by atoms with E-state index in [0.29, 0.717) is 28.1 Å². The number of amides is 1. The fraction of sp³-hybridized carbons (Fsp3) is 0.143. The molecule has 0 aliphatic rings.